The molecular weight excluding hydrogens is 304 g/mol. The predicted octanol–water partition coefficient (Wildman–Crippen LogP) is 3.03. The maximum absolute atomic E-state index is 9.25. The average Bonchev–Trinajstić information content (AvgIpc) is 3.02. The summed E-state index contributed by atoms with van der Waals surface area (Å²) in [6, 6.07) is 8.30. The molecule has 3 rings (SSSR count). The van der Waals surface area contributed by atoms with E-state index >= 15 is 0 Å². The van der Waals surface area contributed by atoms with Crippen molar-refractivity contribution < 1.29 is 9.15 Å². The van der Waals surface area contributed by atoms with Gasteiger partial charge in [0, 0.05) is 19.5 Å². The summed E-state index contributed by atoms with van der Waals surface area (Å²) in [5, 5.41) is 17.4. The van der Waals surface area contributed by atoms with Crippen LogP contribution < -0.4 is 4.74 Å². The van der Waals surface area contributed by atoms with E-state index in [1.54, 1.807) is 7.11 Å². The van der Waals surface area contributed by atoms with Crippen LogP contribution in [-0.4, -0.2) is 34.8 Å². The number of ether oxygens (including phenoxy) is 1. The minimum Gasteiger partial charge on any atom is -0.495 e. The summed E-state index contributed by atoms with van der Waals surface area (Å²) in [6.45, 7) is 5.85. The zero-order chi connectivity index (χ0) is 17.1. The molecule has 0 radical (unpaired) electrons. The molecule has 0 unspecified atom stereocenters. The van der Waals surface area contributed by atoms with Gasteiger partial charge in [-0.3, -0.25) is 4.90 Å². The molecule has 2 heterocycles. The number of methoxy groups -OCH3 is 1. The fourth-order valence-corrected chi connectivity index (χ4v) is 3.40. The molecule has 1 fully saturated rings. The molecule has 1 aliphatic heterocycles. The second-order valence-electron chi connectivity index (χ2n) is 6.27. The highest BCUT2D eigenvalue weighted by molar-refractivity contribution is 5.45. The first-order valence-corrected chi connectivity index (χ1v) is 8.23. The molecule has 0 spiro atoms. The van der Waals surface area contributed by atoms with Crippen LogP contribution in [-0.2, 0) is 6.54 Å². The van der Waals surface area contributed by atoms with Gasteiger partial charge >= 0.3 is 0 Å². The van der Waals surface area contributed by atoms with Crippen LogP contribution in [0.25, 0.3) is 0 Å². The van der Waals surface area contributed by atoms with Gasteiger partial charge in [-0.05, 0) is 44.0 Å². The Balaban J connectivity index is 1.76. The van der Waals surface area contributed by atoms with Crippen LogP contribution in [0.15, 0.2) is 22.6 Å². The lowest BCUT2D eigenvalue weighted by atomic mass is 9.89. The van der Waals surface area contributed by atoms with Gasteiger partial charge in [0.05, 0.1) is 18.6 Å². The van der Waals surface area contributed by atoms with Crippen molar-refractivity contribution in [3.05, 3.63) is 41.1 Å². The molecule has 24 heavy (non-hydrogen) atoms. The van der Waals surface area contributed by atoms with E-state index in [1.807, 2.05) is 25.1 Å². The van der Waals surface area contributed by atoms with Crippen molar-refractivity contribution in [2.24, 2.45) is 0 Å². The Morgan fingerprint density at radius 3 is 2.92 bits per heavy atom. The van der Waals surface area contributed by atoms with Crippen LogP contribution in [0.2, 0.25) is 0 Å². The van der Waals surface area contributed by atoms with E-state index in [-0.39, 0.29) is 5.92 Å². The number of aromatic nitrogens is 2. The lowest BCUT2D eigenvalue weighted by Crippen LogP contribution is -2.41. The maximum atomic E-state index is 9.25. The fraction of sp³-hybridized carbons (Fsp3) is 0.500. The summed E-state index contributed by atoms with van der Waals surface area (Å²) in [5.41, 5.74) is 1.69. The average molecular weight is 326 g/mol. The number of piperidine rings is 1. The van der Waals surface area contributed by atoms with Gasteiger partial charge in [-0.1, -0.05) is 6.07 Å². The quantitative estimate of drug-likeness (QED) is 0.859. The number of rotatable bonds is 4. The standard InChI is InChI=1S/C18H22N4O2/c1-12-16(18-21-20-13(2)24-18)5-4-8-22(12)11-14-6-7-17(23-3)15(9-14)10-19/h6-7,9,12,16H,4-5,8,11H2,1-3H3/t12-,16-/m0/s1. The summed E-state index contributed by atoms with van der Waals surface area (Å²) < 4.78 is 10.9. The van der Waals surface area contributed by atoms with Crippen LogP contribution in [0.3, 0.4) is 0 Å². The molecule has 2 atom stereocenters. The topological polar surface area (TPSA) is 75.2 Å². The number of benzene rings is 1. The summed E-state index contributed by atoms with van der Waals surface area (Å²) in [4.78, 5) is 2.41. The molecule has 1 aromatic carbocycles. The first-order valence-electron chi connectivity index (χ1n) is 8.23. The van der Waals surface area contributed by atoms with Gasteiger partial charge in [0.1, 0.15) is 11.8 Å². The van der Waals surface area contributed by atoms with Gasteiger partial charge < -0.3 is 9.15 Å². The molecule has 1 saturated heterocycles. The Kier molecular flexibility index (Phi) is 4.81. The van der Waals surface area contributed by atoms with Gasteiger partial charge in [-0.2, -0.15) is 5.26 Å². The minimum absolute atomic E-state index is 0.258. The number of aryl methyl sites for hydroxylation is 1. The zero-order valence-corrected chi connectivity index (χ0v) is 14.3. The molecule has 126 valence electrons. The summed E-state index contributed by atoms with van der Waals surface area (Å²) in [6.07, 6.45) is 2.16. The molecule has 0 aliphatic carbocycles. The normalized spacial score (nSPS) is 21.4. The summed E-state index contributed by atoms with van der Waals surface area (Å²) in [5.74, 6) is 2.22. The predicted molar refractivity (Wildman–Crippen MR) is 88.6 cm³/mol. The van der Waals surface area contributed by atoms with Gasteiger partial charge in [0.25, 0.3) is 0 Å². The van der Waals surface area contributed by atoms with E-state index in [1.165, 1.54) is 0 Å². The minimum atomic E-state index is 0.258. The van der Waals surface area contributed by atoms with Crippen LogP contribution in [0.5, 0.6) is 5.75 Å². The van der Waals surface area contributed by atoms with Crippen molar-refractivity contribution in [1.82, 2.24) is 15.1 Å². The first kappa shape index (κ1) is 16.5. The second kappa shape index (κ2) is 7.02. The third-order valence-electron chi connectivity index (χ3n) is 4.75. The van der Waals surface area contributed by atoms with Crippen LogP contribution in [0, 0.1) is 18.3 Å². The van der Waals surface area contributed by atoms with Crippen molar-refractivity contribution in [2.45, 2.75) is 45.2 Å². The number of hydrogen-bond donors (Lipinski definition) is 0. The van der Waals surface area contributed by atoms with Gasteiger partial charge in [-0.15, -0.1) is 10.2 Å². The molecule has 2 aromatic rings. The van der Waals surface area contributed by atoms with Crippen molar-refractivity contribution in [3.63, 3.8) is 0 Å². The molecule has 6 heteroatoms. The molecule has 0 amide bonds. The van der Waals surface area contributed by atoms with E-state index < -0.39 is 0 Å². The monoisotopic (exact) mass is 326 g/mol. The largest absolute Gasteiger partial charge is 0.495 e. The molecule has 0 saturated carbocycles. The Bertz CT molecular complexity index is 750. The third-order valence-corrected chi connectivity index (χ3v) is 4.75. The highest BCUT2D eigenvalue weighted by Crippen LogP contribution is 2.33. The lowest BCUT2D eigenvalue weighted by molar-refractivity contribution is 0.118. The van der Waals surface area contributed by atoms with E-state index in [0.29, 0.717) is 23.2 Å². The molecule has 0 N–H and O–H groups in total. The third kappa shape index (κ3) is 3.26. The number of nitriles is 1. The molecule has 6 nitrogen and oxygen atoms in total. The Labute approximate surface area is 142 Å². The number of hydrogen-bond acceptors (Lipinski definition) is 6. The SMILES string of the molecule is COc1ccc(CN2CCC[C@H](c3nnc(C)o3)[C@@H]2C)cc1C#N. The Morgan fingerprint density at radius 1 is 1.42 bits per heavy atom. The zero-order valence-electron chi connectivity index (χ0n) is 14.3. The Hall–Kier alpha value is -2.39. The summed E-state index contributed by atoms with van der Waals surface area (Å²) in [7, 11) is 1.58. The number of nitrogens with zero attached hydrogens (tertiary/aromatic N) is 4. The highest BCUT2D eigenvalue weighted by atomic mass is 16.5. The Morgan fingerprint density at radius 2 is 2.25 bits per heavy atom. The van der Waals surface area contributed by atoms with Gasteiger partial charge in [0.15, 0.2) is 0 Å². The van der Waals surface area contributed by atoms with E-state index in [2.05, 4.69) is 28.1 Å². The van der Waals surface area contributed by atoms with Crippen molar-refractivity contribution in [1.29, 1.82) is 5.26 Å². The van der Waals surface area contributed by atoms with Gasteiger partial charge in [-0.25, -0.2) is 0 Å². The van der Waals surface area contributed by atoms with Gasteiger partial charge in [0.2, 0.25) is 11.8 Å². The van der Waals surface area contributed by atoms with Crippen molar-refractivity contribution in [3.8, 4) is 11.8 Å². The first-order chi connectivity index (χ1) is 11.6. The van der Waals surface area contributed by atoms with E-state index in [0.717, 1.165) is 37.4 Å². The smallest absolute Gasteiger partial charge is 0.221 e. The van der Waals surface area contributed by atoms with E-state index in [9.17, 15) is 5.26 Å². The lowest BCUT2D eigenvalue weighted by Gasteiger charge is -2.38. The molecule has 1 aromatic heterocycles. The van der Waals surface area contributed by atoms with E-state index in [4.69, 9.17) is 9.15 Å². The van der Waals surface area contributed by atoms with Crippen LogP contribution in [0.4, 0.5) is 0 Å². The van der Waals surface area contributed by atoms with Crippen molar-refractivity contribution in [2.75, 3.05) is 13.7 Å². The molecular formula is C18H22N4O2. The maximum Gasteiger partial charge on any atom is 0.221 e. The fourth-order valence-electron chi connectivity index (χ4n) is 3.40. The number of likely N-dealkylation sites (tertiary alicyclic amines) is 1. The van der Waals surface area contributed by atoms with Crippen molar-refractivity contribution >= 4 is 0 Å². The van der Waals surface area contributed by atoms with Crippen LogP contribution in [0.1, 0.15) is 48.6 Å². The summed E-state index contributed by atoms with van der Waals surface area (Å²) >= 11 is 0. The van der Waals surface area contributed by atoms with Crippen LogP contribution >= 0.6 is 0 Å². The molecule has 0 bridgehead atoms. The second-order valence-corrected chi connectivity index (χ2v) is 6.27. The molecule has 1 aliphatic rings. The highest BCUT2D eigenvalue weighted by Gasteiger charge is 2.32.